The molecular formula is C27H31NO3. The van der Waals surface area contributed by atoms with Crippen LogP contribution in [0.2, 0.25) is 0 Å². The Bertz CT molecular complexity index is 937. The Morgan fingerprint density at radius 2 is 1.26 bits per heavy atom. The van der Waals surface area contributed by atoms with Gasteiger partial charge in [-0.15, -0.1) is 0 Å². The minimum Gasteiger partial charge on any atom is -0.485 e. The third kappa shape index (κ3) is 6.88. The fourth-order valence-corrected chi connectivity index (χ4v) is 3.40. The number of ether oxygens (including phenoxy) is 2. The van der Waals surface area contributed by atoms with E-state index >= 15 is 0 Å². The maximum Gasteiger partial charge on any atom is 0.222 e. The summed E-state index contributed by atoms with van der Waals surface area (Å²) in [4.78, 5) is 14.2. The van der Waals surface area contributed by atoms with E-state index in [1.807, 2.05) is 97.6 Å². The van der Waals surface area contributed by atoms with Gasteiger partial charge in [0, 0.05) is 19.5 Å². The number of benzene rings is 3. The molecule has 0 aliphatic heterocycles. The van der Waals surface area contributed by atoms with Crippen molar-refractivity contribution in [2.45, 2.75) is 39.9 Å². The molecule has 0 heterocycles. The van der Waals surface area contributed by atoms with Gasteiger partial charge in [-0.1, -0.05) is 66.7 Å². The van der Waals surface area contributed by atoms with Crippen LogP contribution in [0, 0.1) is 0 Å². The molecule has 31 heavy (non-hydrogen) atoms. The fourth-order valence-electron chi connectivity index (χ4n) is 3.40. The van der Waals surface area contributed by atoms with Crippen molar-refractivity contribution in [3.8, 4) is 11.5 Å². The molecule has 0 bridgehead atoms. The molecule has 4 heteroatoms. The van der Waals surface area contributed by atoms with Gasteiger partial charge in [0.1, 0.15) is 13.2 Å². The van der Waals surface area contributed by atoms with Crippen LogP contribution in [-0.4, -0.2) is 23.9 Å². The summed E-state index contributed by atoms with van der Waals surface area (Å²) in [6.07, 6.45) is 1.17. The van der Waals surface area contributed by atoms with E-state index in [1.165, 1.54) is 0 Å². The summed E-state index contributed by atoms with van der Waals surface area (Å²) in [7, 11) is 0. The van der Waals surface area contributed by atoms with E-state index in [0.29, 0.717) is 37.6 Å². The molecule has 0 spiro atoms. The van der Waals surface area contributed by atoms with Gasteiger partial charge < -0.3 is 14.4 Å². The third-order valence-corrected chi connectivity index (χ3v) is 5.23. The van der Waals surface area contributed by atoms with E-state index in [2.05, 4.69) is 0 Å². The second kappa shape index (κ2) is 11.8. The minimum atomic E-state index is 0.182. The number of hydrogen-bond donors (Lipinski definition) is 0. The van der Waals surface area contributed by atoms with Crippen LogP contribution in [0.25, 0.3) is 0 Å². The van der Waals surface area contributed by atoms with E-state index in [0.717, 1.165) is 29.8 Å². The quantitative estimate of drug-likeness (QED) is 0.405. The second-order valence-electron chi connectivity index (χ2n) is 7.40. The second-order valence-corrected chi connectivity index (χ2v) is 7.40. The Labute approximate surface area is 185 Å². The molecule has 0 radical (unpaired) electrons. The molecule has 0 aliphatic carbocycles. The van der Waals surface area contributed by atoms with Crippen molar-refractivity contribution in [1.29, 1.82) is 0 Å². The molecule has 0 fully saturated rings. The van der Waals surface area contributed by atoms with Crippen LogP contribution in [0.1, 0.15) is 37.0 Å². The van der Waals surface area contributed by atoms with Crippen LogP contribution in [0.4, 0.5) is 0 Å². The molecular weight excluding hydrogens is 386 g/mol. The Morgan fingerprint density at radius 3 is 1.81 bits per heavy atom. The van der Waals surface area contributed by atoms with Gasteiger partial charge in [0.15, 0.2) is 11.5 Å². The molecule has 3 aromatic rings. The summed E-state index contributed by atoms with van der Waals surface area (Å²) in [5.41, 5.74) is 3.26. The number of nitrogens with zero attached hydrogens (tertiary/aromatic N) is 1. The van der Waals surface area contributed by atoms with Crippen molar-refractivity contribution in [1.82, 2.24) is 4.90 Å². The smallest absolute Gasteiger partial charge is 0.222 e. The Hall–Kier alpha value is -3.27. The van der Waals surface area contributed by atoms with Crippen LogP contribution in [-0.2, 0) is 24.4 Å². The van der Waals surface area contributed by atoms with Gasteiger partial charge in [-0.25, -0.2) is 0 Å². The van der Waals surface area contributed by atoms with E-state index in [4.69, 9.17) is 9.47 Å². The van der Waals surface area contributed by atoms with Crippen molar-refractivity contribution >= 4 is 5.91 Å². The minimum absolute atomic E-state index is 0.182. The van der Waals surface area contributed by atoms with Gasteiger partial charge in [-0.05, 0) is 49.1 Å². The van der Waals surface area contributed by atoms with Crippen molar-refractivity contribution in [2.24, 2.45) is 0 Å². The SMILES string of the molecule is CCN(CC)C(=O)CCc1ccc(OCc2ccccc2)c(OCc2ccccc2)c1. The molecule has 3 rings (SSSR count). The van der Waals surface area contributed by atoms with Crippen LogP contribution >= 0.6 is 0 Å². The first kappa shape index (κ1) is 22.4. The predicted octanol–water partition coefficient (Wildman–Crippen LogP) is 5.65. The standard InChI is InChI=1S/C27H31NO3/c1-3-28(4-2)27(29)18-16-22-15-17-25(30-20-23-11-7-5-8-12-23)26(19-22)31-21-24-13-9-6-10-14-24/h5-15,17,19H,3-4,16,18,20-21H2,1-2H3. The number of carbonyl (C=O) groups excluding carboxylic acids is 1. The number of rotatable bonds is 11. The van der Waals surface area contributed by atoms with Crippen LogP contribution in [0.15, 0.2) is 78.9 Å². The number of hydrogen-bond acceptors (Lipinski definition) is 3. The summed E-state index contributed by atoms with van der Waals surface area (Å²) < 4.78 is 12.2. The highest BCUT2D eigenvalue weighted by Gasteiger charge is 2.12. The van der Waals surface area contributed by atoms with Crippen molar-refractivity contribution < 1.29 is 14.3 Å². The van der Waals surface area contributed by atoms with E-state index in [1.54, 1.807) is 0 Å². The lowest BCUT2D eigenvalue weighted by Crippen LogP contribution is -2.30. The number of carbonyl (C=O) groups is 1. The molecule has 0 aliphatic rings. The maximum absolute atomic E-state index is 12.4. The first-order valence-electron chi connectivity index (χ1n) is 10.9. The van der Waals surface area contributed by atoms with Crippen LogP contribution < -0.4 is 9.47 Å². The summed E-state index contributed by atoms with van der Waals surface area (Å²) in [5, 5.41) is 0. The van der Waals surface area contributed by atoms with Gasteiger partial charge >= 0.3 is 0 Å². The molecule has 0 N–H and O–H groups in total. The molecule has 0 unspecified atom stereocenters. The fraction of sp³-hybridized carbons (Fsp3) is 0.296. The number of amides is 1. The lowest BCUT2D eigenvalue weighted by molar-refractivity contribution is -0.130. The Kier molecular flexibility index (Phi) is 8.53. The van der Waals surface area contributed by atoms with Crippen LogP contribution in [0.3, 0.4) is 0 Å². The van der Waals surface area contributed by atoms with E-state index in [9.17, 15) is 4.79 Å². The average molecular weight is 418 g/mol. The summed E-state index contributed by atoms with van der Waals surface area (Å²) in [5.74, 6) is 1.59. The lowest BCUT2D eigenvalue weighted by Gasteiger charge is -2.19. The molecule has 4 nitrogen and oxygen atoms in total. The van der Waals surface area contributed by atoms with Crippen molar-refractivity contribution in [3.63, 3.8) is 0 Å². The maximum atomic E-state index is 12.4. The highest BCUT2D eigenvalue weighted by molar-refractivity contribution is 5.76. The van der Waals surface area contributed by atoms with Gasteiger partial charge in [-0.3, -0.25) is 4.79 Å². The molecule has 0 aromatic heterocycles. The van der Waals surface area contributed by atoms with E-state index < -0.39 is 0 Å². The highest BCUT2D eigenvalue weighted by atomic mass is 16.5. The first-order valence-corrected chi connectivity index (χ1v) is 10.9. The zero-order valence-electron chi connectivity index (χ0n) is 18.4. The van der Waals surface area contributed by atoms with E-state index in [-0.39, 0.29) is 5.91 Å². The first-order chi connectivity index (χ1) is 15.2. The summed E-state index contributed by atoms with van der Waals surface area (Å²) in [6.45, 7) is 6.44. The molecule has 162 valence electrons. The van der Waals surface area contributed by atoms with Gasteiger partial charge in [0.2, 0.25) is 5.91 Å². The molecule has 1 amide bonds. The summed E-state index contributed by atoms with van der Waals surface area (Å²) in [6, 6.07) is 26.1. The third-order valence-electron chi connectivity index (χ3n) is 5.23. The van der Waals surface area contributed by atoms with Gasteiger partial charge in [-0.2, -0.15) is 0 Å². The van der Waals surface area contributed by atoms with Crippen LogP contribution in [0.5, 0.6) is 11.5 Å². The molecule has 0 saturated heterocycles. The predicted molar refractivity (Wildman–Crippen MR) is 124 cm³/mol. The lowest BCUT2D eigenvalue weighted by atomic mass is 10.1. The zero-order chi connectivity index (χ0) is 21.9. The molecule has 3 aromatic carbocycles. The molecule has 0 atom stereocenters. The number of aryl methyl sites for hydroxylation is 1. The summed E-state index contributed by atoms with van der Waals surface area (Å²) >= 11 is 0. The van der Waals surface area contributed by atoms with Crippen molar-refractivity contribution in [3.05, 3.63) is 95.6 Å². The zero-order valence-corrected chi connectivity index (χ0v) is 18.4. The van der Waals surface area contributed by atoms with Gasteiger partial charge in [0.25, 0.3) is 0 Å². The van der Waals surface area contributed by atoms with Gasteiger partial charge in [0.05, 0.1) is 0 Å². The monoisotopic (exact) mass is 417 g/mol. The van der Waals surface area contributed by atoms with Crippen molar-refractivity contribution in [2.75, 3.05) is 13.1 Å². The highest BCUT2D eigenvalue weighted by Crippen LogP contribution is 2.30. The molecule has 0 saturated carbocycles. The average Bonchev–Trinajstić information content (AvgIpc) is 2.82. The Balaban J connectivity index is 1.71. The normalized spacial score (nSPS) is 10.5. The Morgan fingerprint density at radius 1 is 0.710 bits per heavy atom. The topological polar surface area (TPSA) is 38.8 Å². The largest absolute Gasteiger partial charge is 0.485 e.